The van der Waals surface area contributed by atoms with Gasteiger partial charge in [-0.1, -0.05) is 5.16 Å². The van der Waals surface area contributed by atoms with Crippen molar-refractivity contribution in [1.29, 1.82) is 0 Å². The van der Waals surface area contributed by atoms with Gasteiger partial charge in [0.05, 0.1) is 11.4 Å². The molecular formula is C14H15F2N3O3S. The highest BCUT2D eigenvalue weighted by molar-refractivity contribution is 7.88. The maximum absolute atomic E-state index is 13.8. The third-order valence-electron chi connectivity index (χ3n) is 3.70. The van der Waals surface area contributed by atoms with Crippen LogP contribution in [0.4, 0.5) is 14.5 Å². The molecule has 0 bridgehead atoms. The molecule has 2 aromatic rings. The number of hydrogen-bond donors (Lipinski definition) is 0. The number of hydrogen-bond acceptors (Lipinski definition) is 5. The summed E-state index contributed by atoms with van der Waals surface area (Å²) in [4.78, 5) is 1.64. The number of aromatic nitrogens is 1. The first kappa shape index (κ1) is 15.9. The Morgan fingerprint density at radius 2 is 1.87 bits per heavy atom. The fourth-order valence-electron chi connectivity index (χ4n) is 2.53. The fraction of sp³-hybridized carbons (Fsp3) is 0.357. The Balaban J connectivity index is 1.67. The standard InChI is InChI=1S/C14H15F2N3O3S/c15-11-1-2-13(16)14(9-11)18-4-6-19(7-5-18)23(20,21)10-12-3-8-22-17-12/h1-3,8-9H,4-7,10H2. The molecule has 0 N–H and O–H groups in total. The Hall–Kier alpha value is -2.00. The van der Waals surface area contributed by atoms with Crippen molar-refractivity contribution in [1.82, 2.24) is 9.46 Å². The van der Waals surface area contributed by atoms with Gasteiger partial charge >= 0.3 is 0 Å². The second-order valence-corrected chi connectivity index (χ2v) is 7.20. The van der Waals surface area contributed by atoms with Crippen molar-refractivity contribution >= 4 is 15.7 Å². The summed E-state index contributed by atoms with van der Waals surface area (Å²) in [6.07, 6.45) is 1.31. The third kappa shape index (κ3) is 3.50. The number of rotatable bonds is 4. The van der Waals surface area contributed by atoms with E-state index in [-0.39, 0.29) is 24.5 Å². The molecule has 3 rings (SSSR count). The Morgan fingerprint density at radius 1 is 1.13 bits per heavy atom. The minimum atomic E-state index is -3.51. The normalized spacial score (nSPS) is 16.7. The monoisotopic (exact) mass is 343 g/mol. The van der Waals surface area contributed by atoms with Gasteiger partial charge in [-0.05, 0) is 12.1 Å². The lowest BCUT2D eigenvalue weighted by Gasteiger charge is -2.35. The Morgan fingerprint density at radius 3 is 2.52 bits per heavy atom. The molecule has 0 spiro atoms. The zero-order chi connectivity index (χ0) is 16.4. The average Bonchev–Trinajstić information content (AvgIpc) is 3.02. The Bertz CT molecular complexity index is 773. The van der Waals surface area contributed by atoms with Crippen LogP contribution in [0.5, 0.6) is 0 Å². The molecule has 9 heteroatoms. The van der Waals surface area contributed by atoms with Crippen LogP contribution in [-0.2, 0) is 15.8 Å². The zero-order valence-corrected chi connectivity index (χ0v) is 13.0. The highest BCUT2D eigenvalue weighted by Gasteiger charge is 2.28. The van der Waals surface area contributed by atoms with Crippen LogP contribution >= 0.6 is 0 Å². The smallest absolute Gasteiger partial charge is 0.220 e. The van der Waals surface area contributed by atoms with E-state index in [4.69, 9.17) is 0 Å². The molecule has 1 saturated heterocycles. The minimum absolute atomic E-state index is 0.151. The molecule has 1 aliphatic rings. The minimum Gasteiger partial charge on any atom is -0.366 e. The van der Waals surface area contributed by atoms with Crippen molar-refractivity contribution < 1.29 is 21.7 Å². The van der Waals surface area contributed by atoms with E-state index >= 15 is 0 Å². The van der Waals surface area contributed by atoms with Gasteiger partial charge in [0, 0.05) is 38.3 Å². The number of sulfonamides is 1. The van der Waals surface area contributed by atoms with Crippen LogP contribution in [0.1, 0.15) is 5.69 Å². The van der Waals surface area contributed by atoms with Crippen molar-refractivity contribution in [3.05, 3.63) is 47.9 Å². The van der Waals surface area contributed by atoms with Crippen molar-refractivity contribution in [2.45, 2.75) is 5.75 Å². The fourth-order valence-corrected chi connectivity index (χ4v) is 3.95. The quantitative estimate of drug-likeness (QED) is 0.844. The van der Waals surface area contributed by atoms with Crippen molar-refractivity contribution in [2.24, 2.45) is 0 Å². The van der Waals surface area contributed by atoms with Crippen LogP contribution in [-0.4, -0.2) is 44.1 Å². The molecule has 6 nitrogen and oxygen atoms in total. The number of piperazine rings is 1. The van der Waals surface area contributed by atoms with Crippen molar-refractivity contribution in [3.63, 3.8) is 0 Å². The third-order valence-corrected chi connectivity index (χ3v) is 5.51. The molecule has 0 aliphatic carbocycles. The van der Waals surface area contributed by atoms with Crippen LogP contribution in [0.2, 0.25) is 0 Å². The average molecular weight is 343 g/mol. The SMILES string of the molecule is O=S(=O)(Cc1ccon1)N1CCN(c2cc(F)ccc2F)CC1. The summed E-state index contributed by atoms with van der Waals surface area (Å²) in [5.41, 5.74) is 0.488. The zero-order valence-electron chi connectivity index (χ0n) is 12.2. The van der Waals surface area contributed by atoms with Gasteiger partial charge in [0.25, 0.3) is 0 Å². The summed E-state index contributed by atoms with van der Waals surface area (Å²) >= 11 is 0. The van der Waals surface area contributed by atoms with Crippen LogP contribution < -0.4 is 4.90 Å². The molecule has 2 heterocycles. The van der Waals surface area contributed by atoms with Gasteiger partial charge in [-0.25, -0.2) is 17.2 Å². The number of benzene rings is 1. The van der Waals surface area contributed by atoms with E-state index in [1.807, 2.05) is 0 Å². The van der Waals surface area contributed by atoms with E-state index in [0.717, 1.165) is 18.2 Å². The number of nitrogens with zero attached hydrogens (tertiary/aromatic N) is 3. The molecule has 0 radical (unpaired) electrons. The largest absolute Gasteiger partial charge is 0.366 e. The maximum atomic E-state index is 13.8. The molecule has 1 fully saturated rings. The highest BCUT2D eigenvalue weighted by Crippen LogP contribution is 2.23. The van der Waals surface area contributed by atoms with Crippen LogP contribution in [0, 0.1) is 11.6 Å². The summed E-state index contributed by atoms with van der Waals surface area (Å²) < 4.78 is 57.6. The second kappa shape index (κ2) is 6.25. The second-order valence-electron chi connectivity index (χ2n) is 5.23. The molecule has 0 unspecified atom stereocenters. The topological polar surface area (TPSA) is 66.7 Å². The van der Waals surface area contributed by atoms with Crippen LogP contribution in [0.3, 0.4) is 0 Å². The summed E-state index contributed by atoms with van der Waals surface area (Å²) in [5, 5.41) is 3.60. The molecule has 1 aliphatic heterocycles. The molecule has 1 aromatic heterocycles. The van der Waals surface area contributed by atoms with Crippen LogP contribution in [0.15, 0.2) is 35.1 Å². The van der Waals surface area contributed by atoms with Crippen molar-refractivity contribution in [2.75, 3.05) is 31.1 Å². The van der Waals surface area contributed by atoms with Crippen molar-refractivity contribution in [3.8, 4) is 0 Å². The molecule has 0 amide bonds. The van der Waals surface area contributed by atoms with E-state index in [0.29, 0.717) is 18.8 Å². The maximum Gasteiger partial charge on any atom is 0.220 e. The molecule has 124 valence electrons. The van der Waals surface area contributed by atoms with E-state index in [2.05, 4.69) is 9.68 Å². The van der Waals surface area contributed by atoms with Gasteiger partial charge in [-0.2, -0.15) is 4.31 Å². The Kier molecular flexibility index (Phi) is 4.31. The van der Waals surface area contributed by atoms with E-state index in [1.165, 1.54) is 16.6 Å². The number of halogens is 2. The lowest BCUT2D eigenvalue weighted by Crippen LogP contribution is -2.49. The lowest BCUT2D eigenvalue weighted by atomic mass is 10.2. The van der Waals surface area contributed by atoms with Gasteiger partial charge in [0.2, 0.25) is 10.0 Å². The van der Waals surface area contributed by atoms with E-state index < -0.39 is 21.7 Å². The predicted octanol–water partition coefficient (Wildman–Crippen LogP) is 1.60. The molecule has 1 aromatic carbocycles. The summed E-state index contributed by atoms with van der Waals surface area (Å²) in [5.74, 6) is -1.29. The first-order valence-corrected chi connectivity index (χ1v) is 8.64. The van der Waals surface area contributed by atoms with Gasteiger partial charge in [0.1, 0.15) is 23.7 Å². The predicted molar refractivity (Wildman–Crippen MR) is 79.3 cm³/mol. The summed E-state index contributed by atoms with van der Waals surface area (Å²) in [6, 6.07) is 4.74. The van der Waals surface area contributed by atoms with Crippen LogP contribution in [0.25, 0.3) is 0 Å². The van der Waals surface area contributed by atoms with E-state index in [1.54, 1.807) is 4.90 Å². The van der Waals surface area contributed by atoms with E-state index in [9.17, 15) is 17.2 Å². The molecule has 0 saturated carbocycles. The number of anilines is 1. The van der Waals surface area contributed by atoms with Gasteiger partial charge in [0.15, 0.2) is 0 Å². The van der Waals surface area contributed by atoms with Gasteiger partial charge in [-0.15, -0.1) is 0 Å². The summed E-state index contributed by atoms with van der Waals surface area (Å²) in [7, 11) is -3.51. The summed E-state index contributed by atoms with van der Waals surface area (Å²) in [6.45, 7) is 0.989. The highest BCUT2D eigenvalue weighted by atomic mass is 32.2. The molecular weight excluding hydrogens is 328 g/mol. The lowest BCUT2D eigenvalue weighted by molar-refractivity contribution is 0.380. The first-order valence-electron chi connectivity index (χ1n) is 7.03. The first-order chi connectivity index (χ1) is 11.0. The molecule has 0 atom stereocenters. The van der Waals surface area contributed by atoms with Gasteiger partial charge in [-0.3, -0.25) is 0 Å². The van der Waals surface area contributed by atoms with Gasteiger partial charge < -0.3 is 9.42 Å². The Labute approximate surface area is 132 Å². The molecule has 23 heavy (non-hydrogen) atoms.